The smallest absolute Gasteiger partial charge is 0.279 e. The third-order valence-corrected chi connectivity index (χ3v) is 5.67. The molecule has 168 valence electrons. The number of para-hydroxylation sites is 1. The van der Waals surface area contributed by atoms with Gasteiger partial charge in [-0.3, -0.25) is 20.4 Å². The van der Waals surface area contributed by atoms with Gasteiger partial charge in [-0.05, 0) is 55.5 Å². The highest BCUT2D eigenvalue weighted by molar-refractivity contribution is 7.89. The number of halogens is 1. The molecule has 0 aliphatic carbocycles. The van der Waals surface area contributed by atoms with E-state index in [-0.39, 0.29) is 22.8 Å². The van der Waals surface area contributed by atoms with Gasteiger partial charge in [0.2, 0.25) is 10.0 Å². The van der Waals surface area contributed by atoms with E-state index in [2.05, 4.69) is 15.6 Å². The van der Waals surface area contributed by atoms with Gasteiger partial charge in [0.1, 0.15) is 5.76 Å². The molecule has 32 heavy (non-hydrogen) atoms. The second kappa shape index (κ2) is 10.1. The van der Waals surface area contributed by atoms with Crippen LogP contribution in [0.5, 0.6) is 5.75 Å². The number of hydrogen-bond donors (Lipinski definition) is 3. The molecule has 9 nitrogen and oxygen atoms in total. The average Bonchev–Trinajstić information content (AvgIpc) is 3.31. The van der Waals surface area contributed by atoms with Crippen LogP contribution in [0.15, 0.2) is 76.2 Å². The molecule has 0 aliphatic rings. The first-order valence-corrected chi connectivity index (χ1v) is 10.9. The molecule has 0 saturated heterocycles. The summed E-state index contributed by atoms with van der Waals surface area (Å²) < 4.78 is 50.9. The van der Waals surface area contributed by atoms with Crippen LogP contribution in [0.4, 0.5) is 4.39 Å². The molecule has 3 aromatic rings. The minimum Gasteiger partial charge on any atom is -0.478 e. The van der Waals surface area contributed by atoms with Gasteiger partial charge in [-0.2, -0.15) is 0 Å². The Hall–Kier alpha value is -3.70. The Morgan fingerprint density at radius 3 is 2.41 bits per heavy atom. The molecule has 1 unspecified atom stereocenters. The molecule has 1 aromatic heterocycles. The van der Waals surface area contributed by atoms with Gasteiger partial charge in [-0.1, -0.05) is 12.1 Å². The number of furan rings is 1. The number of ether oxygens (including phenoxy) is 1. The molecule has 11 heteroatoms. The average molecular weight is 461 g/mol. The summed E-state index contributed by atoms with van der Waals surface area (Å²) in [5.41, 5.74) is 4.48. The molecule has 0 bridgehead atoms. The third kappa shape index (κ3) is 5.93. The van der Waals surface area contributed by atoms with Crippen LogP contribution in [0.2, 0.25) is 0 Å². The molecule has 0 radical (unpaired) electrons. The van der Waals surface area contributed by atoms with Crippen LogP contribution in [0, 0.1) is 5.82 Å². The fraction of sp³-hybridized carbons (Fsp3) is 0.143. The summed E-state index contributed by atoms with van der Waals surface area (Å²) in [7, 11) is -3.81. The van der Waals surface area contributed by atoms with E-state index >= 15 is 0 Å². The molecule has 1 heterocycles. The van der Waals surface area contributed by atoms with Gasteiger partial charge in [0.05, 0.1) is 17.7 Å². The van der Waals surface area contributed by atoms with E-state index in [1.807, 2.05) is 0 Å². The van der Waals surface area contributed by atoms with Crippen molar-refractivity contribution >= 4 is 21.8 Å². The number of carbonyl (C=O) groups excluding carboxylic acids is 2. The fourth-order valence-corrected chi connectivity index (χ4v) is 3.52. The van der Waals surface area contributed by atoms with Gasteiger partial charge >= 0.3 is 0 Å². The van der Waals surface area contributed by atoms with Crippen molar-refractivity contribution in [3.63, 3.8) is 0 Å². The maximum Gasteiger partial charge on any atom is 0.279 e. The van der Waals surface area contributed by atoms with E-state index in [0.29, 0.717) is 5.76 Å². The van der Waals surface area contributed by atoms with E-state index in [1.54, 1.807) is 18.2 Å². The lowest BCUT2D eigenvalue weighted by Gasteiger charge is -2.15. The SMILES string of the molecule is CC(Oc1ccccc1F)C(=O)NNC(=O)c1ccc(S(=O)(=O)NCc2ccco2)cc1. The normalized spacial score (nSPS) is 12.1. The van der Waals surface area contributed by atoms with Crippen LogP contribution in [0.1, 0.15) is 23.0 Å². The molecule has 2 aromatic carbocycles. The van der Waals surface area contributed by atoms with Crippen molar-refractivity contribution in [3.05, 3.63) is 84.1 Å². The molecule has 3 N–H and O–H groups in total. The second-order valence-corrected chi connectivity index (χ2v) is 8.33. The van der Waals surface area contributed by atoms with Gasteiger partial charge in [0.25, 0.3) is 11.8 Å². The van der Waals surface area contributed by atoms with Crippen molar-refractivity contribution in [3.8, 4) is 5.75 Å². The zero-order valence-electron chi connectivity index (χ0n) is 16.9. The first-order valence-electron chi connectivity index (χ1n) is 9.40. The summed E-state index contributed by atoms with van der Waals surface area (Å²) >= 11 is 0. The molecule has 1 atom stereocenters. The fourth-order valence-electron chi connectivity index (χ4n) is 2.52. The van der Waals surface area contributed by atoms with Crippen molar-refractivity contribution in [1.82, 2.24) is 15.6 Å². The Bertz CT molecular complexity index is 1180. The highest BCUT2D eigenvalue weighted by Gasteiger charge is 2.18. The van der Waals surface area contributed by atoms with Crippen LogP contribution in [-0.4, -0.2) is 26.3 Å². The van der Waals surface area contributed by atoms with Crippen LogP contribution in [-0.2, 0) is 21.4 Å². The van der Waals surface area contributed by atoms with Crippen LogP contribution in [0.25, 0.3) is 0 Å². The van der Waals surface area contributed by atoms with Gasteiger partial charge < -0.3 is 9.15 Å². The number of carbonyl (C=O) groups is 2. The summed E-state index contributed by atoms with van der Waals surface area (Å²) in [5.74, 6) is -1.65. The Labute approximate surface area is 183 Å². The number of amides is 2. The van der Waals surface area contributed by atoms with E-state index < -0.39 is 33.8 Å². The Balaban J connectivity index is 1.53. The van der Waals surface area contributed by atoms with E-state index in [0.717, 1.165) is 0 Å². The molecule has 0 spiro atoms. The van der Waals surface area contributed by atoms with Gasteiger partial charge in [-0.25, -0.2) is 17.5 Å². The highest BCUT2D eigenvalue weighted by Crippen LogP contribution is 2.17. The van der Waals surface area contributed by atoms with Crippen LogP contribution < -0.4 is 20.3 Å². The first-order chi connectivity index (χ1) is 15.3. The zero-order valence-corrected chi connectivity index (χ0v) is 17.7. The van der Waals surface area contributed by atoms with Crippen molar-refractivity contribution in [2.24, 2.45) is 0 Å². The van der Waals surface area contributed by atoms with Gasteiger partial charge in [-0.15, -0.1) is 0 Å². The lowest BCUT2D eigenvalue weighted by molar-refractivity contribution is -0.128. The number of rotatable bonds is 8. The monoisotopic (exact) mass is 461 g/mol. The van der Waals surface area contributed by atoms with E-state index in [1.165, 1.54) is 55.7 Å². The van der Waals surface area contributed by atoms with Crippen LogP contribution in [0.3, 0.4) is 0 Å². The molecular formula is C21H20FN3O6S. The lowest BCUT2D eigenvalue weighted by Crippen LogP contribution is -2.47. The molecular weight excluding hydrogens is 441 g/mol. The standard InChI is InChI=1S/C21H20FN3O6S/c1-14(31-19-7-3-2-6-18(19)22)20(26)24-25-21(27)15-8-10-17(11-9-15)32(28,29)23-13-16-5-4-12-30-16/h2-12,14,23H,13H2,1H3,(H,24,26)(H,25,27). The number of sulfonamides is 1. The number of benzene rings is 2. The maximum atomic E-state index is 13.6. The van der Waals surface area contributed by atoms with Gasteiger partial charge in [0, 0.05) is 5.56 Å². The summed E-state index contributed by atoms with van der Waals surface area (Å²) in [6, 6.07) is 14.0. The van der Waals surface area contributed by atoms with Crippen molar-refractivity contribution in [1.29, 1.82) is 0 Å². The molecule has 0 aliphatic heterocycles. The minimum absolute atomic E-state index is 0.0171. The van der Waals surface area contributed by atoms with Crippen LogP contribution >= 0.6 is 0 Å². The molecule has 2 amide bonds. The van der Waals surface area contributed by atoms with Crippen molar-refractivity contribution < 1.29 is 31.6 Å². The summed E-state index contributed by atoms with van der Waals surface area (Å²) in [6.45, 7) is 1.38. The second-order valence-electron chi connectivity index (χ2n) is 6.56. The highest BCUT2D eigenvalue weighted by atomic mass is 32.2. The predicted molar refractivity (Wildman–Crippen MR) is 111 cm³/mol. The largest absolute Gasteiger partial charge is 0.478 e. The molecule has 0 saturated carbocycles. The summed E-state index contributed by atoms with van der Waals surface area (Å²) in [6.07, 6.45) is 0.350. The topological polar surface area (TPSA) is 127 Å². The lowest BCUT2D eigenvalue weighted by atomic mass is 10.2. The van der Waals surface area contributed by atoms with Gasteiger partial charge in [0.15, 0.2) is 17.7 Å². The number of hydrogen-bond acceptors (Lipinski definition) is 6. The predicted octanol–water partition coefficient (Wildman–Crippen LogP) is 2.13. The zero-order chi connectivity index (χ0) is 23.1. The Kier molecular flexibility index (Phi) is 7.23. The summed E-state index contributed by atoms with van der Waals surface area (Å²) in [4.78, 5) is 24.3. The molecule has 3 rings (SSSR count). The number of nitrogens with one attached hydrogen (secondary N) is 3. The Morgan fingerprint density at radius 1 is 1.03 bits per heavy atom. The Morgan fingerprint density at radius 2 is 1.75 bits per heavy atom. The maximum absolute atomic E-state index is 13.6. The van der Waals surface area contributed by atoms with Crippen molar-refractivity contribution in [2.75, 3.05) is 0 Å². The molecule has 0 fully saturated rings. The third-order valence-electron chi connectivity index (χ3n) is 4.25. The quantitative estimate of drug-likeness (QED) is 0.441. The van der Waals surface area contributed by atoms with E-state index in [4.69, 9.17) is 9.15 Å². The number of hydrazine groups is 1. The minimum atomic E-state index is -3.81. The van der Waals surface area contributed by atoms with E-state index in [9.17, 15) is 22.4 Å². The first kappa shape index (κ1) is 23.0. The van der Waals surface area contributed by atoms with Crippen molar-refractivity contribution in [2.45, 2.75) is 24.5 Å². The summed E-state index contributed by atoms with van der Waals surface area (Å²) in [5, 5.41) is 0.